The van der Waals surface area contributed by atoms with Crippen LogP contribution in [0.2, 0.25) is 0 Å². The van der Waals surface area contributed by atoms with E-state index in [1.165, 1.54) is 16.7 Å². The largest absolute Gasteiger partial charge is 0.508 e. The maximum absolute atomic E-state index is 13.4. The third kappa shape index (κ3) is 4.72. The van der Waals surface area contributed by atoms with E-state index in [-0.39, 0.29) is 24.8 Å². The number of para-hydroxylation sites is 1. The number of aromatic nitrogens is 3. The number of H-pyrrole nitrogens is 1. The lowest BCUT2D eigenvalue weighted by Crippen LogP contribution is -2.41. The van der Waals surface area contributed by atoms with Gasteiger partial charge in [-0.1, -0.05) is 30.0 Å². The van der Waals surface area contributed by atoms with Crippen LogP contribution in [0.5, 0.6) is 5.75 Å². The van der Waals surface area contributed by atoms with Crippen LogP contribution in [0.25, 0.3) is 11.4 Å². The fraction of sp³-hybridized carbons (Fsp3) is 0.273. The Labute approximate surface area is 183 Å². The minimum absolute atomic E-state index is 0.131. The Bertz CT molecular complexity index is 1080. The van der Waals surface area contributed by atoms with Crippen LogP contribution >= 0.6 is 11.8 Å². The van der Waals surface area contributed by atoms with Gasteiger partial charge in [0.1, 0.15) is 12.3 Å². The SMILES string of the molecule is CCOC(=O)CN1C(=O)[C@H](Sc2n[nH]c(-c3ccc(O)cc3)n2)CCc2ccccc21. The number of aromatic hydroxyl groups is 1. The number of carbonyl (C=O) groups is 2. The number of amides is 1. The number of nitrogens with zero attached hydrogens (tertiary/aromatic N) is 3. The van der Waals surface area contributed by atoms with E-state index >= 15 is 0 Å². The molecule has 160 valence electrons. The van der Waals surface area contributed by atoms with E-state index in [9.17, 15) is 14.7 Å². The topological polar surface area (TPSA) is 108 Å². The van der Waals surface area contributed by atoms with Gasteiger partial charge in [0, 0.05) is 11.3 Å². The Morgan fingerprint density at radius 3 is 2.81 bits per heavy atom. The molecule has 1 aromatic heterocycles. The van der Waals surface area contributed by atoms with Crippen LogP contribution in [0, 0.1) is 0 Å². The molecule has 3 aromatic rings. The third-order valence-corrected chi connectivity index (χ3v) is 6.06. The molecule has 2 heterocycles. The summed E-state index contributed by atoms with van der Waals surface area (Å²) in [6.45, 7) is 1.87. The van der Waals surface area contributed by atoms with Crippen LogP contribution in [0.1, 0.15) is 18.9 Å². The number of aryl methyl sites for hydroxylation is 1. The van der Waals surface area contributed by atoms with Crippen molar-refractivity contribution in [2.75, 3.05) is 18.1 Å². The number of hydrogen-bond acceptors (Lipinski definition) is 7. The molecular formula is C22H22N4O4S. The van der Waals surface area contributed by atoms with E-state index in [2.05, 4.69) is 15.2 Å². The van der Waals surface area contributed by atoms with Crippen molar-refractivity contribution in [3.63, 3.8) is 0 Å². The lowest BCUT2D eigenvalue weighted by atomic mass is 10.1. The Balaban J connectivity index is 1.56. The Kier molecular flexibility index (Phi) is 6.22. The summed E-state index contributed by atoms with van der Waals surface area (Å²) < 4.78 is 5.08. The number of aromatic amines is 1. The van der Waals surface area contributed by atoms with Gasteiger partial charge in [0.15, 0.2) is 5.82 Å². The Morgan fingerprint density at radius 2 is 2.03 bits per heavy atom. The van der Waals surface area contributed by atoms with E-state index < -0.39 is 11.2 Å². The first-order valence-corrected chi connectivity index (χ1v) is 10.9. The van der Waals surface area contributed by atoms with Gasteiger partial charge in [-0.2, -0.15) is 0 Å². The molecule has 0 fully saturated rings. The van der Waals surface area contributed by atoms with Crippen LogP contribution in [0.3, 0.4) is 0 Å². The molecule has 0 spiro atoms. The van der Waals surface area contributed by atoms with Gasteiger partial charge in [-0.25, -0.2) is 4.98 Å². The van der Waals surface area contributed by atoms with Crippen LogP contribution in [0.4, 0.5) is 5.69 Å². The summed E-state index contributed by atoms with van der Waals surface area (Å²) in [5.74, 6) is 0.112. The smallest absolute Gasteiger partial charge is 0.326 e. The van der Waals surface area contributed by atoms with Crippen molar-refractivity contribution < 1.29 is 19.4 Å². The lowest BCUT2D eigenvalue weighted by molar-refractivity contribution is -0.142. The fourth-order valence-electron chi connectivity index (χ4n) is 3.47. The zero-order valence-electron chi connectivity index (χ0n) is 16.9. The van der Waals surface area contributed by atoms with E-state index in [1.807, 2.05) is 24.3 Å². The van der Waals surface area contributed by atoms with E-state index in [1.54, 1.807) is 31.2 Å². The van der Waals surface area contributed by atoms with Gasteiger partial charge in [-0.3, -0.25) is 19.6 Å². The molecular weight excluding hydrogens is 416 g/mol. The van der Waals surface area contributed by atoms with Gasteiger partial charge in [-0.15, -0.1) is 5.10 Å². The molecule has 1 aliphatic rings. The first-order chi connectivity index (χ1) is 15.0. The van der Waals surface area contributed by atoms with Crippen molar-refractivity contribution in [3.8, 4) is 17.1 Å². The lowest BCUT2D eigenvalue weighted by Gasteiger charge is -2.24. The quantitative estimate of drug-likeness (QED) is 0.569. The minimum atomic E-state index is -0.441. The van der Waals surface area contributed by atoms with Crippen LogP contribution in [-0.2, 0) is 20.7 Å². The van der Waals surface area contributed by atoms with Crippen molar-refractivity contribution in [1.29, 1.82) is 0 Å². The standard InChI is InChI=1S/C22H22N4O4S/c1-2-30-19(28)13-26-17-6-4-3-5-14(17)9-12-18(21(26)29)31-22-23-20(24-25-22)15-7-10-16(27)11-8-15/h3-8,10-11,18,27H,2,9,12-13H2,1H3,(H,23,24,25)/t18-/m1/s1. The summed E-state index contributed by atoms with van der Waals surface area (Å²) >= 11 is 1.27. The monoisotopic (exact) mass is 438 g/mol. The number of esters is 1. The average Bonchev–Trinajstić information content (AvgIpc) is 3.19. The zero-order valence-corrected chi connectivity index (χ0v) is 17.8. The highest BCUT2D eigenvalue weighted by atomic mass is 32.2. The van der Waals surface area contributed by atoms with E-state index in [4.69, 9.17) is 4.74 Å². The number of benzene rings is 2. The summed E-state index contributed by atoms with van der Waals surface area (Å²) in [5.41, 5.74) is 2.53. The number of phenolic OH excluding ortho intramolecular Hbond substituents is 1. The molecule has 1 amide bonds. The second kappa shape index (κ2) is 9.22. The van der Waals surface area contributed by atoms with Crippen molar-refractivity contribution >= 4 is 29.3 Å². The third-order valence-electron chi connectivity index (χ3n) is 4.95. The number of fused-ring (bicyclic) bond motifs is 1. The van der Waals surface area contributed by atoms with Crippen molar-refractivity contribution in [2.45, 2.75) is 30.2 Å². The molecule has 2 aromatic carbocycles. The van der Waals surface area contributed by atoms with Crippen molar-refractivity contribution in [2.24, 2.45) is 0 Å². The molecule has 8 nitrogen and oxygen atoms in total. The minimum Gasteiger partial charge on any atom is -0.508 e. The summed E-state index contributed by atoms with van der Waals surface area (Å²) in [6, 6.07) is 14.2. The maximum Gasteiger partial charge on any atom is 0.326 e. The van der Waals surface area contributed by atoms with Crippen LogP contribution in [0.15, 0.2) is 53.7 Å². The highest BCUT2D eigenvalue weighted by Crippen LogP contribution is 2.34. The molecule has 1 atom stereocenters. The molecule has 1 aliphatic heterocycles. The van der Waals surface area contributed by atoms with Crippen molar-refractivity contribution in [3.05, 3.63) is 54.1 Å². The maximum atomic E-state index is 13.4. The molecule has 9 heteroatoms. The number of ether oxygens (including phenoxy) is 1. The highest BCUT2D eigenvalue weighted by molar-refractivity contribution is 8.00. The number of rotatable bonds is 6. The first-order valence-electron chi connectivity index (χ1n) is 9.98. The second-order valence-corrected chi connectivity index (χ2v) is 8.19. The van der Waals surface area contributed by atoms with E-state index in [0.29, 0.717) is 23.8 Å². The van der Waals surface area contributed by atoms with E-state index in [0.717, 1.165) is 16.8 Å². The molecule has 0 unspecified atom stereocenters. The van der Waals surface area contributed by atoms with Gasteiger partial charge < -0.3 is 9.84 Å². The van der Waals surface area contributed by atoms with Crippen LogP contribution < -0.4 is 4.90 Å². The number of phenols is 1. The highest BCUT2D eigenvalue weighted by Gasteiger charge is 2.33. The number of anilines is 1. The summed E-state index contributed by atoms with van der Waals surface area (Å²) in [7, 11) is 0. The summed E-state index contributed by atoms with van der Waals surface area (Å²) in [4.78, 5) is 31.5. The Hall–Kier alpha value is -3.33. The average molecular weight is 439 g/mol. The predicted molar refractivity (Wildman–Crippen MR) is 117 cm³/mol. The van der Waals surface area contributed by atoms with Gasteiger partial charge in [-0.05, 0) is 55.7 Å². The molecule has 4 rings (SSSR count). The molecule has 0 aliphatic carbocycles. The molecule has 31 heavy (non-hydrogen) atoms. The summed E-state index contributed by atoms with van der Waals surface area (Å²) in [5, 5.41) is 16.6. The number of nitrogens with one attached hydrogen (secondary N) is 1. The predicted octanol–water partition coefficient (Wildman–Crippen LogP) is 3.18. The van der Waals surface area contributed by atoms with Gasteiger partial charge in [0.2, 0.25) is 11.1 Å². The number of thioether (sulfide) groups is 1. The molecule has 0 saturated heterocycles. The number of carbonyl (C=O) groups excluding carboxylic acids is 2. The summed E-state index contributed by atoms with van der Waals surface area (Å²) in [6.07, 6.45) is 1.30. The van der Waals surface area contributed by atoms with Gasteiger partial charge >= 0.3 is 5.97 Å². The molecule has 0 bridgehead atoms. The Morgan fingerprint density at radius 1 is 1.26 bits per heavy atom. The molecule has 0 saturated carbocycles. The fourth-order valence-corrected chi connectivity index (χ4v) is 4.43. The number of hydrogen-bond donors (Lipinski definition) is 2. The second-order valence-electron chi connectivity index (χ2n) is 7.02. The van der Waals surface area contributed by atoms with Crippen LogP contribution in [-0.4, -0.2) is 50.6 Å². The van der Waals surface area contributed by atoms with Crippen molar-refractivity contribution in [1.82, 2.24) is 15.2 Å². The first kappa shape index (κ1) is 20.9. The molecule has 0 radical (unpaired) electrons. The van der Waals surface area contributed by atoms with Gasteiger partial charge in [0.25, 0.3) is 0 Å². The zero-order chi connectivity index (χ0) is 21.8. The normalized spacial score (nSPS) is 16.0. The molecule has 2 N–H and O–H groups in total. The van der Waals surface area contributed by atoms with Gasteiger partial charge in [0.05, 0.1) is 11.9 Å².